The highest BCUT2D eigenvalue weighted by Gasteiger charge is 2.21. The SMILES string of the molecule is CC(C)(C)CC(=O)Nc1cccc(C2CCN(CCCN)CC2)c1. The van der Waals surface area contributed by atoms with Crippen molar-refractivity contribution in [1.29, 1.82) is 0 Å². The smallest absolute Gasteiger partial charge is 0.224 e. The lowest BCUT2D eigenvalue weighted by Gasteiger charge is -2.32. The number of rotatable bonds is 6. The Morgan fingerprint density at radius 2 is 2.00 bits per heavy atom. The molecule has 0 atom stereocenters. The van der Waals surface area contributed by atoms with Crippen LogP contribution in [-0.2, 0) is 4.79 Å². The van der Waals surface area contributed by atoms with Crippen LogP contribution in [0.1, 0.15) is 57.9 Å². The molecule has 1 aromatic rings. The molecule has 0 spiro atoms. The van der Waals surface area contributed by atoms with E-state index < -0.39 is 0 Å². The third-order valence-electron chi connectivity index (χ3n) is 4.60. The average Bonchev–Trinajstić information content (AvgIpc) is 2.52. The van der Waals surface area contributed by atoms with Crippen molar-refractivity contribution in [3.8, 4) is 0 Å². The maximum Gasteiger partial charge on any atom is 0.224 e. The van der Waals surface area contributed by atoms with Gasteiger partial charge in [0.05, 0.1) is 0 Å². The summed E-state index contributed by atoms with van der Waals surface area (Å²) in [6.07, 6.45) is 3.99. The summed E-state index contributed by atoms with van der Waals surface area (Å²) in [7, 11) is 0. The van der Waals surface area contributed by atoms with Crippen molar-refractivity contribution in [2.24, 2.45) is 11.1 Å². The number of carbonyl (C=O) groups is 1. The summed E-state index contributed by atoms with van der Waals surface area (Å²) in [5.74, 6) is 0.690. The Morgan fingerprint density at radius 1 is 1.29 bits per heavy atom. The lowest BCUT2D eigenvalue weighted by atomic mass is 9.89. The van der Waals surface area contributed by atoms with Crippen molar-refractivity contribution in [2.45, 2.75) is 52.4 Å². The van der Waals surface area contributed by atoms with Crippen LogP contribution in [0.3, 0.4) is 0 Å². The first-order chi connectivity index (χ1) is 11.4. The standard InChI is InChI=1S/C20H33N3O/c1-20(2,3)15-19(24)22-18-7-4-6-17(14-18)16-8-12-23(13-9-16)11-5-10-21/h4,6-7,14,16H,5,8-13,15,21H2,1-3H3,(H,22,24). The molecule has 4 nitrogen and oxygen atoms in total. The molecule has 3 N–H and O–H groups in total. The summed E-state index contributed by atoms with van der Waals surface area (Å²) in [4.78, 5) is 14.6. The van der Waals surface area contributed by atoms with E-state index in [0.29, 0.717) is 12.3 Å². The quantitative estimate of drug-likeness (QED) is 0.837. The molecule has 1 fully saturated rings. The molecule has 1 aliphatic heterocycles. The average molecular weight is 332 g/mol. The summed E-state index contributed by atoms with van der Waals surface area (Å²) < 4.78 is 0. The molecule has 1 aromatic carbocycles. The largest absolute Gasteiger partial charge is 0.330 e. The molecular formula is C20H33N3O. The predicted octanol–water partition coefficient (Wildman–Crippen LogP) is 3.59. The van der Waals surface area contributed by atoms with Crippen LogP contribution in [0.5, 0.6) is 0 Å². The van der Waals surface area contributed by atoms with E-state index in [1.165, 1.54) is 18.4 Å². The summed E-state index contributed by atoms with van der Waals surface area (Å²) in [5.41, 5.74) is 7.88. The molecule has 1 amide bonds. The first kappa shape index (κ1) is 18.9. The maximum atomic E-state index is 12.1. The number of nitrogens with zero attached hydrogens (tertiary/aromatic N) is 1. The number of piperidine rings is 1. The number of anilines is 1. The molecule has 24 heavy (non-hydrogen) atoms. The van der Waals surface area contributed by atoms with E-state index in [1.54, 1.807) is 0 Å². The first-order valence-electron chi connectivity index (χ1n) is 9.19. The minimum atomic E-state index is 0.0120. The van der Waals surface area contributed by atoms with Crippen LogP contribution in [0.4, 0.5) is 5.69 Å². The van der Waals surface area contributed by atoms with E-state index >= 15 is 0 Å². The molecule has 0 unspecified atom stereocenters. The highest BCUT2D eigenvalue weighted by molar-refractivity contribution is 5.91. The third-order valence-corrected chi connectivity index (χ3v) is 4.60. The highest BCUT2D eigenvalue weighted by atomic mass is 16.1. The molecule has 0 aliphatic carbocycles. The van der Waals surface area contributed by atoms with Crippen molar-refractivity contribution >= 4 is 11.6 Å². The normalized spacial score (nSPS) is 17.0. The Balaban J connectivity index is 1.90. The molecule has 0 radical (unpaired) electrons. The number of carbonyl (C=O) groups excluding carboxylic acids is 1. The lowest BCUT2D eigenvalue weighted by molar-refractivity contribution is -0.117. The number of amides is 1. The lowest BCUT2D eigenvalue weighted by Crippen LogP contribution is -2.34. The highest BCUT2D eigenvalue weighted by Crippen LogP contribution is 2.30. The molecule has 0 bridgehead atoms. The van der Waals surface area contributed by atoms with E-state index in [-0.39, 0.29) is 11.3 Å². The molecule has 1 saturated heterocycles. The van der Waals surface area contributed by atoms with Crippen LogP contribution in [0.25, 0.3) is 0 Å². The van der Waals surface area contributed by atoms with Crippen LogP contribution in [0.2, 0.25) is 0 Å². The van der Waals surface area contributed by atoms with E-state index in [0.717, 1.165) is 38.3 Å². The van der Waals surface area contributed by atoms with Gasteiger partial charge in [0.15, 0.2) is 0 Å². The number of nitrogens with one attached hydrogen (secondary N) is 1. The Labute approximate surface area is 146 Å². The summed E-state index contributed by atoms with van der Waals surface area (Å²) in [6.45, 7) is 10.4. The van der Waals surface area contributed by atoms with Gasteiger partial charge >= 0.3 is 0 Å². The third kappa shape index (κ3) is 6.25. The molecule has 0 saturated carbocycles. The second-order valence-electron chi connectivity index (χ2n) is 8.17. The minimum absolute atomic E-state index is 0.0120. The predicted molar refractivity (Wildman–Crippen MR) is 101 cm³/mol. The van der Waals surface area contributed by atoms with Crippen LogP contribution in [0.15, 0.2) is 24.3 Å². The molecule has 4 heteroatoms. The minimum Gasteiger partial charge on any atom is -0.330 e. The molecule has 1 aliphatic rings. The number of benzene rings is 1. The summed E-state index contributed by atoms with van der Waals surface area (Å²) in [6, 6.07) is 8.39. The van der Waals surface area contributed by atoms with Crippen LogP contribution < -0.4 is 11.1 Å². The zero-order chi connectivity index (χ0) is 17.6. The van der Waals surface area contributed by atoms with Crippen LogP contribution in [-0.4, -0.2) is 37.0 Å². The monoisotopic (exact) mass is 331 g/mol. The fraction of sp³-hybridized carbons (Fsp3) is 0.650. The zero-order valence-electron chi connectivity index (χ0n) is 15.5. The van der Waals surface area contributed by atoms with Gasteiger partial charge in [0.25, 0.3) is 0 Å². The van der Waals surface area contributed by atoms with Gasteiger partial charge in [-0.15, -0.1) is 0 Å². The Hall–Kier alpha value is -1.39. The van der Waals surface area contributed by atoms with Gasteiger partial charge in [0.2, 0.25) is 5.91 Å². The van der Waals surface area contributed by atoms with E-state index in [4.69, 9.17) is 5.73 Å². The van der Waals surface area contributed by atoms with Gasteiger partial charge in [-0.25, -0.2) is 0 Å². The number of hydrogen-bond acceptors (Lipinski definition) is 3. The molecule has 1 heterocycles. The van der Waals surface area contributed by atoms with Gasteiger partial charge in [-0.2, -0.15) is 0 Å². The van der Waals surface area contributed by atoms with E-state index in [9.17, 15) is 4.79 Å². The molecular weight excluding hydrogens is 298 g/mol. The van der Waals surface area contributed by atoms with Crippen molar-refractivity contribution in [3.05, 3.63) is 29.8 Å². The van der Waals surface area contributed by atoms with Gasteiger partial charge in [-0.1, -0.05) is 32.9 Å². The number of nitrogens with two attached hydrogens (primary N) is 1. The topological polar surface area (TPSA) is 58.4 Å². The van der Waals surface area contributed by atoms with Gasteiger partial charge in [0.1, 0.15) is 0 Å². The zero-order valence-corrected chi connectivity index (χ0v) is 15.5. The first-order valence-corrected chi connectivity index (χ1v) is 9.19. The van der Waals surface area contributed by atoms with E-state index in [2.05, 4.69) is 49.2 Å². The molecule has 134 valence electrons. The molecule has 2 rings (SSSR count). The van der Waals surface area contributed by atoms with Crippen molar-refractivity contribution < 1.29 is 4.79 Å². The Bertz CT molecular complexity index is 528. The number of hydrogen-bond donors (Lipinski definition) is 2. The Kier molecular flexibility index (Phi) is 6.81. The van der Waals surface area contributed by atoms with Crippen molar-refractivity contribution in [1.82, 2.24) is 4.90 Å². The van der Waals surface area contributed by atoms with Gasteiger partial charge in [0, 0.05) is 12.1 Å². The van der Waals surface area contributed by atoms with Crippen molar-refractivity contribution in [2.75, 3.05) is 31.5 Å². The van der Waals surface area contributed by atoms with Crippen LogP contribution in [0, 0.1) is 5.41 Å². The van der Waals surface area contributed by atoms with Gasteiger partial charge in [-0.05, 0) is 74.5 Å². The van der Waals surface area contributed by atoms with Gasteiger partial charge in [-0.3, -0.25) is 4.79 Å². The van der Waals surface area contributed by atoms with Gasteiger partial charge < -0.3 is 16.0 Å². The second kappa shape index (κ2) is 8.63. The summed E-state index contributed by atoms with van der Waals surface area (Å²) >= 11 is 0. The second-order valence-corrected chi connectivity index (χ2v) is 8.17. The van der Waals surface area contributed by atoms with E-state index in [1.807, 2.05) is 6.07 Å². The van der Waals surface area contributed by atoms with Crippen LogP contribution >= 0.6 is 0 Å². The fourth-order valence-corrected chi connectivity index (χ4v) is 3.36. The Morgan fingerprint density at radius 3 is 2.62 bits per heavy atom. The maximum absolute atomic E-state index is 12.1. The molecule has 0 aromatic heterocycles. The number of likely N-dealkylation sites (tertiary alicyclic amines) is 1. The van der Waals surface area contributed by atoms with Crippen molar-refractivity contribution in [3.63, 3.8) is 0 Å². The summed E-state index contributed by atoms with van der Waals surface area (Å²) in [5, 5.41) is 3.05. The fourth-order valence-electron chi connectivity index (χ4n) is 3.36.